The zero-order valence-electron chi connectivity index (χ0n) is 10.7. The molecule has 0 heterocycles. The molecule has 100 valence electrons. The van der Waals surface area contributed by atoms with Crippen molar-refractivity contribution in [3.8, 4) is 0 Å². The van der Waals surface area contributed by atoms with E-state index in [1.165, 1.54) is 24.3 Å². The van der Waals surface area contributed by atoms with Crippen LogP contribution in [0.1, 0.15) is 24.1 Å². The van der Waals surface area contributed by atoms with Gasteiger partial charge in [-0.3, -0.25) is 0 Å². The quantitative estimate of drug-likeness (QED) is 0.825. The van der Waals surface area contributed by atoms with Gasteiger partial charge in [0.25, 0.3) is 0 Å². The van der Waals surface area contributed by atoms with E-state index in [1.807, 2.05) is 19.9 Å². The molecule has 1 unspecified atom stereocenters. The van der Waals surface area contributed by atoms with Crippen molar-refractivity contribution in [3.63, 3.8) is 0 Å². The number of hydrogen-bond donors (Lipinski definition) is 1. The summed E-state index contributed by atoms with van der Waals surface area (Å²) in [6.45, 7) is 3.70. The van der Waals surface area contributed by atoms with Gasteiger partial charge in [0.1, 0.15) is 11.6 Å². The number of hydrogen-bond acceptors (Lipinski definition) is 1. The summed E-state index contributed by atoms with van der Waals surface area (Å²) in [5.74, 6) is -0.750. The summed E-state index contributed by atoms with van der Waals surface area (Å²) in [6.07, 6.45) is 0. The van der Waals surface area contributed by atoms with Crippen molar-refractivity contribution in [2.75, 3.05) is 5.32 Å². The van der Waals surface area contributed by atoms with Crippen LogP contribution >= 0.6 is 11.6 Å². The minimum atomic E-state index is -0.455. The Morgan fingerprint density at radius 3 is 2.47 bits per heavy atom. The van der Waals surface area contributed by atoms with E-state index in [4.69, 9.17) is 11.6 Å². The fourth-order valence-electron chi connectivity index (χ4n) is 1.93. The Morgan fingerprint density at radius 1 is 1.11 bits per heavy atom. The summed E-state index contributed by atoms with van der Waals surface area (Å²) < 4.78 is 26.7. The molecular formula is C15H14ClF2N. The molecule has 19 heavy (non-hydrogen) atoms. The lowest BCUT2D eigenvalue weighted by Crippen LogP contribution is -2.07. The molecule has 0 amide bonds. The van der Waals surface area contributed by atoms with Gasteiger partial charge in [-0.15, -0.1) is 0 Å². The zero-order valence-corrected chi connectivity index (χ0v) is 11.4. The van der Waals surface area contributed by atoms with E-state index in [-0.39, 0.29) is 16.9 Å². The van der Waals surface area contributed by atoms with Crippen LogP contribution in [0.15, 0.2) is 36.4 Å². The Labute approximate surface area is 116 Å². The summed E-state index contributed by atoms with van der Waals surface area (Å²) in [6, 6.07) is 9.20. The van der Waals surface area contributed by atoms with Crippen LogP contribution in [-0.2, 0) is 0 Å². The van der Waals surface area contributed by atoms with Crippen LogP contribution < -0.4 is 5.32 Å². The Morgan fingerprint density at radius 2 is 1.84 bits per heavy atom. The summed E-state index contributed by atoms with van der Waals surface area (Å²) in [5, 5.41) is 3.23. The highest BCUT2D eigenvalue weighted by Crippen LogP contribution is 2.24. The maximum atomic E-state index is 13.4. The largest absolute Gasteiger partial charge is 0.378 e. The number of halogens is 3. The molecule has 2 aromatic carbocycles. The SMILES string of the molecule is Cc1cc(F)cc(NC(C)c2ccc(Cl)c(F)c2)c1. The van der Waals surface area contributed by atoms with E-state index in [2.05, 4.69) is 5.32 Å². The minimum absolute atomic E-state index is 0.0950. The maximum absolute atomic E-state index is 13.4. The number of aryl methyl sites for hydroxylation is 1. The molecule has 0 radical (unpaired) electrons. The van der Waals surface area contributed by atoms with Crippen LogP contribution in [0.4, 0.5) is 14.5 Å². The van der Waals surface area contributed by atoms with Crippen LogP contribution in [0.3, 0.4) is 0 Å². The first kappa shape index (κ1) is 13.8. The Balaban J connectivity index is 2.20. The lowest BCUT2D eigenvalue weighted by atomic mass is 10.1. The molecule has 2 aromatic rings. The van der Waals surface area contributed by atoms with Gasteiger partial charge in [-0.2, -0.15) is 0 Å². The summed E-state index contributed by atoms with van der Waals surface area (Å²) in [4.78, 5) is 0. The monoisotopic (exact) mass is 281 g/mol. The van der Waals surface area contributed by atoms with Crippen molar-refractivity contribution in [2.24, 2.45) is 0 Å². The van der Waals surface area contributed by atoms with Crippen molar-refractivity contribution in [1.29, 1.82) is 0 Å². The number of nitrogens with one attached hydrogen (secondary N) is 1. The predicted octanol–water partition coefficient (Wildman–Crippen LogP) is 5.10. The molecule has 2 rings (SSSR count). The average molecular weight is 282 g/mol. The second kappa shape index (κ2) is 5.57. The topological polar surface area (TPSA) is 12.0 Å². The van der Waals surface area contributed by atoms with Crippen LogP contribution in [0.5, 0.6) is 0 Å². The lowest BCUT2D eigenvalue weighted by Gasteiger charge is -2.16. The summed E-state index contributed by atoms with van der Waals surface area (Å²) >= 11 is 5.64. The normalized spacial score (nSPS) is 12.3. The van der Waals surface area contributed by atoms with E-state index in [1.54, 1.807) is 6.07 Å². The molecule has 0 saturated heterocycles. The van der Waals surface area contributed by atoms with Crippen LogP contribution in [-0.4, -0.2) is 0 Å². The molecule has 0 aromatic heterocycles. The minimum Gasteiger partial charge on any atom is -0.378 e. The van der Waals surface area contributed by atoms with Gasteiger partial charge in [0.2, 0.25) is 0 Å². The number of anilines is 1. The fourth-order valence-corrected chi connectivity index (χ4v) is 2.05. The Kier molecular flexibility index (Phi) is 4.05. The highest BCUT2D eigenvalue weighted by atomic mass is 35.5. The molecule has 0 saturated carbocycles. The third kappa shape index (κ3) is 3.44. The standard InChI is InChI=1S/C15H14ClF2N/c1-9-5-12(17)8-13(6-9)19-10(2)11-3-4-14(16)15(18)7-11/h3-8,10,19H,1-2H3. The van der Waals surface area contributed by atoms with Crippen molar-refractivity contribution in [3.05, 3.63) is 64.2 Å². The molecule has 1 nitrogen and oxygen atoms in total. The Bertz CT molecular complexity index is 578. The van der Waals surface area contributed by atoms with Gasteiger partial charge in [-0.05, 0) is 55.3 Å². The van der Waals surface area contributed by atoms with Gasteiger partial charge >= 0.3 is 0 Å². The molecule has 0 bridgehead atoms. The molecule has 0 aliphatic rings. The first-order chi connectivity index (χ1) is 8.95. The van der Waals surface area contributed by atoms with Crippen molar-refractivity contribution >= 4 is 17.3 Å². The third-order valence-electron chi connectivity index (χ3n) is 2.87. The number of rotatable bonds is 3. The smallest absolute Gasteiger partial charge is 0.142 e. The molecule has 1 atom stereocenters. The first-order valence-corrected chi connectivity index (χ1v) is 6.32. The second-order valence-electron chi connectivity index (χ2n) is 4.56. The van der Waals surface area contributed by atoms with Gasteiger partial charge in [0.05, 0.1) is 5.02 Å². The van der Waals surface area contributed by atoms with E-state index in [0.29, 0.717) is 5.69 Å². The van der Waals surface area contributed by atoms with Crippen molar-refractivity contribution < 1.29 is 8.78 Å². The van der Waals surface area contributed by atoms with Crippen LogP contribution in [0.2, 0.25) is 5.02 Å². The summed E-state index contributed by atoms with van der Waals surface area (Å²) in [5.41, 5.74) is 2.25. The van der Waals surface area contributed by atoms with Gasteiger partial charge in [-0.25, -0.2) is 8.78 Å². The molecular weight excluding hydrogens is 268 g/mol. The van der Waals surface area contributed by atoms with Crippen molar-refractivity contribution in [2.45, 2.75) is 19.9 Å². The third-order valence-corrected chi connectivity index (χ3v) is 3.18. The van der Waals surface area contributed by atoms with E-state index in [0.717, 1.165) is 11.1 Å². The molecule has 1 N–H and O–H groups in total. The predicted molar refractivity (Wildman–Crippen MR) is 74.6 cm³/mol. The maximum Gasteiger partial charge on any atom is 0.142 e. The number of benzene rings is 2. The van der Waals surface area contributed by atoms with E-state index in [9.17, 15) is 8.78 Å². The van der Waals surface area contributed by atoms with E-state index < -0.39 is 5.82 Å². The average Bonchev–Trinajstić information content (AvgIpc) is 2.31. The summed E-state index contributed by atoms with van der Waals surface area (Å²) in [7, 11) is 0. The highest BCUT2D eigenvalue weighted by Gasteiger charge is 2.09. The highest BCUT2D eigenvalue weighted by molar-refractivity contribution is 6.30. The van der Waals surface area contributed by atoms with Gasteiger partial charge in [0.15, 0.2) is 0 Å². The first-order valence-electron chi connectivity index (χ1n) is 5.94. The molecule has 4 heteroatoms. The Hall–Kier alpha value is -1.61. The second-order valence-corrected chi connectivity index (χ2v) is 4.96. The fraction of sp³-hybridized carbons (Fsp3) is 0.200. The molecule has 0 aliphatic carbocycles. The van der Waals surface area contributed by atoms with Gasteiger partial charge in [-0.1, -0.05) is 17.7 Å². The molecule has 0 spiro atoms. The van der Waals surface area contributed by atoms with Crippen LogP contribution in [0, 0.1) is 18.6 Å². The molecule has 0 fully saturated rings. The van der Waals surface area contributed by atoms with E-state index >= 15 is 0 Å². The van der Waals surface area contributed by atoms with Gasteiger partial charge < -0.3 is 5.32 Å². The van der Waals surface area contributed by atoms with Gasteiger partial charge in [0, 0.05) is 11.7 Å². The molecule has 0 aliphatic heterocycles. The zero-order chi connectivity index (χ0) is 14.0. The van der Waals surface area contributed by atoms with Crippen LogP contribution in [0.25, 0.3) is 0 Å². The van der Waals surface area contributed by atoms with Crippen molar-refractivity contribution in [1.82, 2.24) is 0 Å². The lowest BCUT2D eigenvalue weighted by molar-refractivity contribution is 0.623.